The normalized spacial score (nSPS) is 17.7. The molecule has 4 rings (SSSR count). The van der Waals surface area contributed by atoms with Gasteiger partial charge < -0.3 is 14.4 Å². The molecule has 0 radical (unpaired) electrons. The number of Topliss-reactive ketones (excluding diaryl/α,β-unsaturated/α-hetero) is 1. The standard InChI is InChI=1S/C24H20N2O6/c1-14-8-9-15(2)19(11-14)22(27)20-21(16-5-3-6-17(12-16)26(30)31)25(24(29)23(20)28)13-18-7-4-10-32-18/h3-12,21,27H,13H2,1-2H3/b22-20+. The Kier molecular flexibility index (Phi) is 5.36. The smallest absolute Gasteiger partial charge is 0.296 e. The van der Waals surface area contributed by atoms with E-state index in [1.807, 2.05) is 19.1 Å². The van der Waals surface area contributed by atoms with Crippen LogP contribution in [0.25, 0.3) is 5.76 Å². The average Bonchev–Trinajstić information content (AvgIpc) is 3.37. The highest BCUT2D eigenvalue weighted by atomic mass is 16.6. The minimum atomic E-state index is -1.01. The van der Waals surface area contributed by atoms with Gasteiger partial charge in [0.2, 0.25) is 0 Å². The van der Waals surface area contributed by atoms with Crippen LogP contribution < -0.4 is 0 Å². The summed E-state index contributed by atoms with van der Waals surface area (Å²) in [5.74, 6) is -1.55. The van der Waals surface area contributed by atoms with Crippen molar-refractivity contribution in [1.82, 2.24) is 4.90 Å². The first-order valence-corrected chi connectivity index (χ1v) is 9.90. The molecule has 32 heavy (non-hydrogen) atoms. The van der Waals surface area contributed by atoms with Gasteiger partial charge in [-0.1, -0.05) is 29.8 Å². The molecular formula is C24H20N2O6. The van der Waals surface area contributed by atoms with Crippen molar-refractivity contribution in [3.05, 3.63) is 105 Å². The molecule has 162 valence electrons. The van der Waals surface area contributed by atoms with Gasteiger partial charge in [0.1, 0.15) is 11.5 Å². The Bertz CT molecular complexity index is 1260. The summed E-state index contributed by atoms with van der Waals surface area (Å²) in [6, 6.07) is 13.4. The topological polar surface area (TPSA) is 114 Å². The molecule has 1 aliphatic rings. The van der Waals surface area contributed by atoms with Crippen LogP contribution in [0.2, 0.25) is 0 Å². The lowest BCUT2D eigenvalue weighted by Crippen LogP contribution is -2.29. The van der Waals surface area contributed by atoms with Crippen LogP contribution in [0.5, 0.6) is 0 Å². The number of hydrogen-bond donors (Lipinski definition) is 1. The summed E-state index contributed by atoms with van der Waals surface area (Å²) in [7, 11) is 0. The summed E-state index contributed by atoms with van der Waals surface area (Å²) in [6.45, 7) is 3.61. The van der Waals surface area contributed by atoms with Gasteiger partial charge in [-0.15, -0.1) is 0 Å². The van der Waals surface area contributed by atoms with Crippen molar-refractivity contribution in [2.24, 2.45) is 0 Å². The number of nitrogens with zero attached hydrogens (tertiary/aromatic N) is 2. The molecule has 2 aromatic carbocycles. The Hall–Kier alpha value is -4.20. The zero-order chi connectivity index (χ0) is 23.0. The fraction of sp³-hybridized carbons (Fsp3) is 0.167. The second-order valence-corrected chi connectivity index (χ2v) is 7.68. The molecule has 1 amide bonds. The van der Waals surface area contributed by atoms with Crippen molar-refractivity contribution >= 4 is 23.1 Å². The third-order valence-electron chi connectivity index (χ3n) is 5.49. The Morgan fingerprint density at radius 1 is 1.12 bits per heavy atom. The third kappa shape index (κ3) is 3.66. The predicted molar refractivity (Wildman–Crippen MR) is 116 cm³/mol. The second-order valence-electron chi connectivity index (χ2n) is 7.68. The van der Waals surface area contributed by atoms with Crippen LogP contribution in [0.3, 0.4) is 0 Å². The third-order valence-corrected chi connectivity index (χ3v) is 5.49. The van der Waals surface area contributed by atoms with Crippen molar-refractivity contribution in [1.29, 1.82) is 0 Å². The van der Waals surface area contributed by atoms with E-state index in [9.17, 15) is 24.8 Å². The van der Waals surface area contributed by atoms with Crippen LogP contribution in [0.4, 0.5) is 5.69 Å². The minimum Gasteiger partial charge on any atom is -0.507 e. The molecule has 0 bridgehead atoms. The largest absolute Gasteiger partial charge is 0.507 e. The molecule has 3 aromatic rings. The van der Waals surface area contributed by atoms with E-state index in [4.69, 9.17) is 4.42 Å². The number of likely N-dealkylation sites (tertiary alicyclic amines) is 1. The zero-order valence-electron chi connectivity index (χ0n) is 17.4. The number of carbonyl (C=O) groups is 2. The molecule has 1 aliphatic heterocycles. The van der Waals surface area contributed by atoms with Crippen molar-refractivity contribution in [2.75, 3.05) is 0 Å². The first kappa shape index (κ1) is 21.0. The van der Waals surface area contributed by atoms with E-state index >= 15 is 0 Å². The molecule has 2 heterocycles. The first-order chi connectivity index (χ1) is 15.3. The fourth-order valence-electron chi connectivity index (χ4n) is 3.90. The lowest BCUT2D eigenvalue weighted by Gasteiger charge is -2.24. The molecule has 8 nitrogen and oxygen atoms in total. The Labute approximate surface area is 183 Å². The number of hydrogen-bond acceptors (Lipinski definition) is 6. The maximum Gasteiger partial charge on any atom is 0.296 e. The quantitative estimate of drug-likeness (QED) is 0.210. The molecular weight excluding hydrogens is 412 g/mol. The number of furan rings is 1. The number of rotatable bonds is 5. The van der Waals surface area contributed by atoms with Gasteiger partial charge in [-0.05, 0) is 43.2 Å². The molecule has 0 aliphatic carbocycles. The molecule has 0 saturated carbocycles. The van der Waals surface area contributed by atoms with Crippen molar-refractivity contribution < 1.29 is 24.0 Å². The molecule has 0 spiro atoms. The van der Waals surface area contributed by atoms with Gasteiger partial charge >= 0.3 is 0 Å². The maximum atomic E-state index is 13.1. The van der Waals surface area contributed by atoms with Crippen LogP contribution in [0.15, 0.2) is 70.9 Å². The van der Waals surface area contributed by atoms with Gasteiger partial charge in [0, 0.05) is 17.7 Å². The molecule has 1 fully saturated rings. The van der Waals surface area contributed by atoms with Crippen molar-refractivity contribution in [2.45, 2.75) is 26.4 Å². The van der Waals surface area contributed by atoms with Crippen LogP contribution in [-0.4, -0.2) is 26.6 Å². The second kappa shape index (κ2) is 8.14. The number of non-ortho nitro benzene ring substituents is 1. The van der Waals surface area contributed by atoms with Crippen molar-refractivity contribution in [3.63, 3.8) is 0 Å². The SMILES string of the molecule is Cc1ccc(C)c(/C(O)=C2\C(=O)C(=O)N(Cc3ccco3)C2c2cccc([N+](=O)[O-])c2)c1. The molecule has 8 heteroatoms. The number of carbonyl (C=O) groups excluding carboxylic acids is 2. The van der Waals surface area contributed by atoms with Crippen molar-refractivity contribution in [3.8, 4) is 0 Å². The lowest BCUT2D eigenvalue weighted by atomic mass is 9.93. The maximum absolute atomic E-state index is 13.1. The molecule has 1 aromatic heterocycles. The number of aliphatic hydroxyl groups is 1. The summed E-state index contributed by atoms with van der Waals surface area (Å²) in [5.41, 5.74) is 2.07. The molecule has 1 unspecified atom stereocenters. The molecule has 1 N–H and O–H groups in total. The minimum absolute atomic E-state index is 0.0332. The zero-order valence-corrected chi connectivity index (χ0v) is 17.4. The van der Waals surface area contributed by atoms with Gasteiger partial charge in [-0.25, -0.2) is 0 Å². The lowest BCUT2D eigenvalue weighted by molar-refractivity contribution is -0.384. The van der Waals surface area contributed by atoms with E-state index in [1.54, 1.807) is 31.2 Å². The first-order valence-electron chi connectivity index (χ1n) is 9.90. The molecule has 1 saturated heterocycles. The monoisotopic (exact) mass is 432 g/mol. The fourth-order valence-corrected chi connectivity index (χ4v) is 3.90. The predicted octanol–water partition coefficient (Wildman–Crippen LogP) is 4.43. The van der Waals surface area contributed by atoms with E-state index in [0.717, 1.165) is 11.1 Å². The number of benzene rings is 2. The number of amides is 1. The van der Waals surface area contributed by atoms with Gasteiger partial charge in [0.25, 0.3) is 17.4 Å². The van der Waals surface area contributed by atoms with E-state index < -0.39 is 22.7 Å². The number of aliphatic hydroxyl groups excluding tert-OH is 1. The number of aryl methyl sites for hydroxylation is 2. The number of ketones is 1. The number of nitro groups is 1. The summed E-state index contributed by atoms with van der Waals surface area (Å²) >= 11 is 0. The highest BCUT2D eigenvalue weighted by molar-refractivity contribution is 6.46. The van der Waals surface area contributed by atoms with Crippen LogP contribution in [0.1, 0.15) is 34.1 Å². The van der Waals surface area contributed by atoms with Gasteiger partial charge in [0.05, 0.1) is 29.3 Å². The summed E-state index contributed by atoms with van der Waals surface area (Å²) in [5, 5.41) is 22.5. The summed E-state index contributed by atoms with van der Waals surface area (Å²) in [4.78, 5) is 38.1. The Morgan fingerprint density at radius 3 is 2.59 bits per heavy atom. The summed E-state index contributed by atoms with van der Waals surface area (Å²) < 4.78 is 5.35. The average molecular weight is 432 g/mol. The van der Waals surface area contributed by atoms with E-state index in [0.29, 0.717) is 16.9 Å². The highest BCUT2D eigenvalue weighted by Crippen LogP contribution is 2.41. The van der Waals surface area contributed by atoms with Crippen LogP contribution in [0, 0.1) is 24.0 Å². The summed E-state index contributed by atoms with van der Waals surface area (Å²) in [6.07, 6.45) is 1.45. The van der Waals surface area contributed by atoms with Gasteiger partial charge in [0.15, 0.2) is 0 Å². The van der Waals surface area contributed by atoms with Crippen LogP contribution >= 0.6 is 0 Å². The van der Waals surface area contributed by atoms with Crippen LogP contribution in [-0.2, 0) is 16.1 Å². The van der Waals surface area contributed by atoms with E-state index in [1.165, 1.54) is 29.4 Å². The number of nitro benzene ring substituents is 1. The molecule has 1 atom stereocenters. The van der Waals surface area contributed by atoms with Gasteiger partial charge in [-0.2, -0.15) is 0 Å². The Morgan fingerprint density at radius 2 is 1.91 bits per heavy atom. The van der Waals surface area contributed by atoms with E-state index in [-0.39, 0.29) is 23.6 Å². The van der Waals surface area contributed by atoms with E-state index in [2.05, 4.69) is 0 Å². The van der Waals surface area contributed by atoms with Gasteiger partial charge in [-0.3, -0.25) is 19.7 Å². The highest BCUT2D eigenvalue weighted by Gasteiger charge is 2.46. The Balaban J connectivity index is 1.93.